The smallest absolute Gasteiger partial charge is 0.339 e. The molecular weight excluding hydrogens is 411 g/mol. The highest BCUT2D eigenvalue weighted by molar-refractivity contribution is 6.42. The van der Waals surface area contributed by atoms with E-state index in [0.29, 0.717) is 22.7 Å². The van der Waals surface area contributed by atoms with Gasteiger partial charge in [0.05, 0.1) is 21.1 Å². The molecule has 1 aliphatic heterocycles. The Hall–Kier alpha value is -2.47. The van der Waals surface area contributed by atoms with Crippen molar-refractivity contribution in [1.82, 2.24) is 9.88 Å². The Morgan fingerprint density at radius 1 is 1.14 bits per heavy atom. The number of likely N-dealkylation sites (N-methyl/N-ethyl adjacent to an activating group) is 1. The Morgan fingerprint density at radius 3 is 2.72 bits per heavy atom. The first-order valence-electron chi connectivity index (χ1n) is 9.18. The lowest BCUT2D eigenvalue weighted by Gasteiger charge is -2.26. The SMILES string of the molecule is CN1CCc2nc3ccccc3c(C(=O)OCC(=O)c3ccc(Cl)c(Cl)c3)c2C1. The van der Waals surface area contributed by atoms with Gasteiger partial charge in [0.2, 0.25) is 0 Å². The zero-order chi connectivity index (χ0) is 20.5. The van der Waals surface area contributed by atoms with Crippen molar-refractivity contribution < 1.29 is 14.3 Å². The molecule has 3 aromatic rings. The Labute approximate surface area is 178 Å². The average molecular weight is 429 g/mol. The van der Waals surface area contributed by atoms with E-state index < -0.39 is 5.97 Å². The number of hydrogen-bond acceptors (Lipinski definition) is 5. The van der Waals surface area contributed by atoms with Gasteiger partial charge in [-0.15, -0.1) is 0 Å². The van der Waals surface area contributed by atoms with Crippen molar-refractivity contribution in [3.63, 3.8) is 0 Å². The Bertz CT molecular complexity index is 1130. The van der Waals surface area contributed by atoms with Crippen LogP contribution in [0.4, 0.5) is 0 Å². The summed E-state index contributed by atoms with van der Waals surface area (Å²) in [5.41, 5.74) is 3.35. The van der Waals surface area contributed by atoms with Crippen LogP contribution in [0.3, 0.4) is 0 Å². The lowest BCUT2D eigenvalue weighted by Crippen LogP contribution is -2.29. The van der Waals surface area contributed by atoms with Crippen LogP contribution in [0.2, 0.25) is 10.0 Å². The molecule has 0 saturated carbocycles. The van der Waals surface area contributed by atoms with Crippen molar-refractivity contribution in [3.8, 4) is 0 Å². The number of aromatic nitrogens is 1. The number of Topliss-reactive ketones (excluding diaryl/α,β-unsaturated/α-hetero) is 1. The molecule has 0 bridgehead atoms. The second-order valence-corrected chi connectivity index (χ2v) is 7.86. The maximum Gasteiger partial charge on any atom is 0.339 e. The summed E-state index contributed by atoms with van der Waals surface area (Å²) >= 11 is 11.9. The van der Waals surface area contributed by atoms with Crippen LogP contribution in [-0.2, 0) is 17.7 Å². The number of rotatable bonds is 4. The predicted molar refractivity (Wildman–Crippen MR) is 113 cm³/mol. The molecular formula is C22H18Cl2N2O3. The molecule has 7 heteroatoms. The summed E-state index contributed by atoms with van der Waals surface area (Å²) in [6, 6.07) is 12.1. The third kappa shape index (κ3) is 3.99. The molecule has 4 rings (SSSR count). The van der Waals surface area contributed by atoms with E-state index in [9.17, 15) is 9.59 Å². The van der Waals surface area contributed by atoms with Gasteiger partial charge in [0.1, 0.15) is 0 Å². The topological polar surface area (TPSA) is 59.5 Å². The van der Waals surface area contributed by atoms with Crippen LogP contribution < -0.4 is 0 Å². The van der Waals surface area contributed by atoms with E-state index in [1.165, 1.54) is 6.07 Å². The second kappa shape index (κ2) is 8.11. The van der Waals surface area contributed by atoms with Gasteiger partial charge in [-0.2, -0.15) is 0 Å². The Balaban J connectivity index is 1.63. The molecule has 0 saturated heterocycles. The highest BCUT2D eigenvalue weighted by Crippen LogP contribution is 2.28. The van der Waals surface area contributed by atoms with Crippen molar-refractivity contribution >= 4 is 45.9 Å². The lowest BCUT2D eigenvalue weighted by molar-refractivity contribution is 0.0474. The Kier molecular flexibility index (Phi) is 5.54. The van der Waals surface area contributed by atoms with E-state index in [2.05, 4.69) is 4.90 Å². The summed E-state index contributed by atoms with van der Waals surface area (Å²) < 4.78 is 5.41. The minimum Gasteiger partial charge on any atom is -0.454 e. The predicted octanol–water partition coefficient (Wildman–Crippen LogP) is 4.57. The number of carbonyl (C=O) groups excluding carboxylic acids is 2. The van der Waals surface area contributed by atoms with E-state index in [-0.39, 0.29) is 17.4 Å². The van der Waals surface area contributed by atoms with Gasteiger partial charge in [0, 0.05) is 41.7 Å². The number of hydrogen-bond donors (Lipinski definition) is 0. The fraction of sp³-hybridized carbons (Fsp3) is 0.227. The van der Waals surface area contributed by atoms with Crippen LogP contribution in [0, 0.1) is 0 Å². The molecule has 148 valence electrons. The van der Waals surface area contributed by atoms with Crippen LogP contribution in [0.5, 0.6) is 0 Å². The van der Waals surface area contributed by atoms with Gasteiger partial charge >= 0.3 is 5.97 Å². The van der Waals surface area contributed by atoms with Crippen molar-refractivity contribution in [1.29, 1.82) is 0 Å². The molecule has 2 heterocycles. The molecule has 1 aromatic heterocycles. The number of fused-ring (bicyclic) bond motifs is 2. The highest BCUT2D eigenvalue weighted by Gasteiger charge is 2.26. The fourth-order valence-corrected chi connectivity index (χ4v) is 3.81. The number of para-hydroxylation sites is 1. The third-order valence-corrected chi connectivity index (χ3v) is 5.76. The van der Waals surface area contributed by atoms with Gasteiger partial charge in [-0.05, 0) is 31.3 Å². The lowest BCUT2D eigenvalue weighted by atomic mass is 9.96. The monoisotopic (exact) mass is 428 g/mol. The van der Waals surface area contributed by atoms with Crippen molar-refractivity contribution in [2.24, 2.45) is 0 Å². The number of pyridine rings is 1. The van der Waals surface area contributed by atoms with Crippen LogP contribution in [0.25, 0.3) is 10.9 Å². The summed E-state index contributed by atoms with van der Waals surface area (Å²) in [6.07, 6.45) is 0.763. The first kappa shape index (κ1) is 19.8. The normalized spacial score (nSPS) is 13.9. The van der Waals surface area contributed by atoms with Gasteiger partial charge in [-0.1, -0.05) is 41.4 Å². The molecule has 0 N–H and O–H groups in total. The van der Waals surface area contributed by atoms with E-state index in [4.69, 9.17) is 32.9 Å². The molecule has 0 aliphatic carbocycles. The molecule has 29 heavy (non-hydrogen) atoms. The minimum atomic E-state index is -0.524. The summed E-state index contributed by atoms with van der Waals surface area (Å²) in [5.74, 6) is -0.871. The molecule has 1 aliphatic rings. The largest absolute Gasteiger partial charge is 0.454 e. The van der Waals surface area contributed by atoms with E-state index in [1.54, 1.807) is 12.1 Å². The van der Waals surface area contributed by atoms with Crippen LogP contribution >= 0.6 is 23.2 Å². The van der Waals surface area contributed by atoms with Gasteiger partial charge < -0.3 is 9.64 Å². The first-order chi connectivity index (χ1) is 13.9. The zero-order valence-corrected chi connectivity index (χ0v) is 17.3. The summed E-state index contributed by atoms with van der Waals surface area (Å²) in [5, 5.41) is 1.37. The molecule has 0 spiro atoms. The number of halogens is 2. The number of ether oxygens (including phenoxy) is 1. The number of carbonyl (C=O) groups is 2. The van der Waals surface area contributed by atoms with Crippen LogP contribution in [-0.4, -0.2) is 41.8 Å². The molecule has 0 atom stereocenters. The van der Waals surface area contributed by atoms with E-state index in [1.807, 2.05) is 31.3 Å². The Morgan fingerprint density at radius 2 is 1.93 bits per heavy atom. The van der Waals surface area contributed by atoms with Crippen LogP contribution in [0.15, 0.2) is 42.5 Å². The van der Waals surface area contributed by atoms with E-state index in [0.717, 1.165) is 35.1 Å². The number of benzene rings is 2. The molecule has 0 fully saturated rings. The van der Waals surface area contributed by atoms with Crippen molar-refractivity contribution in [2.45, 2.75) is 13.0 Å². The molecule has 0 radical (unpaired) electrons. The number of nitrogens with zero attached hydrogens (tertiary/aromatic N) is 2. The fourth-order valence-electron chi connectivity index (χ4n) is 3.51. The zero-order valence-electron chi connectivity index (χ0n) is 15.7. The average Bonchev–Trinajstić information content (AvgIpc) is 2.72. The summed E-state index contributed by atoms with van der Waals surface area (Å²) in [7, 11) is 2.00. The summed E-state index contributed by atoms with van der Waals surface area (Å²) in [6.45, 7) is 1.11. The first-order valence-corrected chi connectivity index (χ1v) is 9.94. The third-order valence-electron chi connectivity index (χ3n) is 5.02. The van der Waals surface area contributed by atoms with Gasteiger partial charge in [-0.25, -0.2) is 4.79 Å². The van der Waals surface area contributed by atoms with Gasteiger partial charge in [0.25, 0.3) is 0 Å². The number of esters is 1. The second-order valence-electron chi connectivity index (χ2n) is 7.05. The molecule has 2 aromatic carbocycles. The van der Waals surface area contributed by atoms with Crippen molar-refractivity contribution in [2.75, 3.05) is 20.2 Å². The molecule has 0 unspecified atom stereocenters. The maximum absolute atomic E-state index is 13.0. The summed E-state index contributed by atoms with van der Waals surface area (Å²) in [4.78, 5) is 32.3. The van der Waals surface area contributed by atoms with E-state index >= 15 is 0 Å². The molecule has 5 nitrogen and oxygen atoms in total. The highest BCUT2D eigenvalue weighted by atomic mass is 35.5. The standard InChI is InChI=1S/C22H18Cl2N2O3/c1-26-9-8-19-15(11-26)21(14-4-2-3-5-18(14)25-19)22(28)29-12-20(27)13-6-7-16(23)17(24)10-13/h2-7,10H,8-9,11-12H2,1H3. The van der Waals surface area contributed by atoms with Gasteiger partial charge in [-0.3, -0.25) is 9.78 Å². The maximum atomic E-state index is 13.0. The van der Waals surface area contributed by atoms with Crippen LogP contribution in [0.1, 0.15) is 32.0 Å². The van der Waals surface area contributed by atoms with Crippen molar-refractivity contribution in [3.05, 3.63) is 74.9 Å². The number of ketones is 1. The molecule has 0 amide bonds. The minimum absolute atomic E-state index is 0.279. The quantitative estimate of drug-likeness (QED) is 0.449. The van der Waals surface area contributed by atoms with Gasteiger partial charge in [0.15, 0.2) is 12.4 Å².